The van der Waals surface area contributed by atoms with Gasteiger partial charge in [0.25, 0.3) is 0 Å². The summed E-state index contributed by atoms with van der Waals surface area (Å²) in [7, 11) is -3.99. The molecule has 5 nitrogen and oxygen atoms in total. The van der Waals surface area contributed by atoms with E-state index in [4.69, 9.17) is 13.6 Å². The Morgan fingerprint density at radius 1 is 1.04 bits per heavy atom. The number of hydrogen-bond acceptors (Lipinski definition) is 5. The highest BCUT2D eigenvalue weighted by molar-refractivity contribution is 6.74. The zero-order valence-electron chi connectivity index (χ0n) is 32.5. The molecule has 3 aliphatic carbocycles. The fourth-order valence-corrected chi connectivity index (χ4v) is 10.6. The largest absolute Gasteiger partial charge is 0.463 e. The quantitative estimate of drug-likeness (QED) is 0.133. The van der Waals surface area contributed by atoms with Crippen molar-refractivity contribution in [2.24, 2.45) is 23.2 Å². The molecule has 0 radical (unpaired) electrons. The van der Waals surface area contributed by atoms with E-state index in [1.165, 1.54) is 17.6 Å². The molecule has 0 amide bonds. The summed E-state index contributed by atoms with van der Waals surface area (Å²) >= 11 is 0. The minimum absolute atomic E-state index is 0.0248. The van der Waals surface area contributed by atoms with Gasteiger partial charge in [0.15, 0.2) is 16.6 Å². The van der Waals surface area contributed by atoms with Crippen LogP contribution in [0, 0.1) is 23.2 Å². The van der Waals surface area contributed by atoms with Gasteiger partial charge in [0.1, 0.15) is 0 Å². The number of carbonyl (C=O) groups excluding carboxylic acids is 1. The average molecular weight is 687 g/mol. The third-order valence-corrected chi connectivity index (χ3v) is 22.1. The lowest BCUT2D eigenvalue weighted by Gasteiger charge is -2.46. The van der Waals surface area contributed by atoms with Crippen molar-refractivity contribution >= 4 is 22.6 Å². The summed E-state index contributed by atoms with van der Waals surface area (Å²) < 4.78 is 19.3. The standard InChI is InChI=1S/C40H70O5Si2/c1-16-43-37(42)27(2)24-35(41)29(4)33-21-22-34-30(18-17-23-40(33,34)11)19-20-31-25-32(44-46(12,13)38(5,6)7)26-36(28(31)3)45-47(14,15)39(8,9)10/h19-20,29,32-36,41H,2-3,16-18,21-26H2,1,4-15H3/t29-,32+,33+,34-,35?,36-,40+/m0/s1. The molecule has 7 heteroatoms. The number of allylic oxidation sites excluding steroid dienone is 3. The van der Waals surface area contributed by atoms with Crippen LogP contribution in [-0.4, -0.2) is 52.6 Å². The van der Waals surface area contributed by atoms with Gasteiger partial charge in [-0.1, -0.05) is 86.3 Å². The smallest absolute Gasteiger partial charge is 0.333 e. The van der Waals surface area contributed by atoms with Crippen LogP contribution in [0.2, 0.25) is 36.3 Å². The average Bonchev–Trinajstić information content (AvgIpc) is 3.29. The lowest BCUT2D eigenvalue weighted by atomic mass is 9.60. The Bertz CT molecular complexity index is 1220. The van der Waals surface area contributed by atoms with Crippen molar-refractivity contribution in [1.82, 2.24) is 0 Å². The molecule has 0 aromatic rings. The Labute approximate surface area is 291 Å². The van der Waals surface area contributed by atoms with E-state index in [2.05, 4.69) is 107 Å². The summed E-state index contributed by atoms with van der Waals surface area (Å²) in [5.41, 5.74) is 4.43. The molecule has 3 saturated carbocycles. The second-order valence-electron chi connectivity index (χ2n) is 18.3. The fourth-order valence-electron chi connectivity index (χ4n) is 7.93. The fraction of sp³-hybridized carbons (Fsp3) is 0.775. The molecule has 3 rings (SSSR count). The molecule has 0 aliphatic heterocycles. The first-order valence-electron chi connectivity index (χ1n) is 18.4. The summed E-state index contributed by atoms with van der Waals surface area (Å²) in [6, 6.07) is 0. The predicted octanol–water partition coefficient (Wildman–Crippen LogP) is 10.7. The number of fused-ring (bicyclic) bond motifs is 1. The van der Waals surface area contributed by atoms with Crippen LogP contribution in [0.3, 0.4) is 0 Å². The summed E-state index contributed by atoms with van der Waals surface area (Å²) in [4.78, 5) is 12.2. The van der Waals surface area contributed by atoms with E-state index >= 15 is 0 Å². The molecule has 7 atom stereocenters. The van der Waals surface area contributed by atoms with Gasteiger partial charge in [0, 0.05) is 18.4 Å². The molecule has 0 spiro atoms. The van der Waals surface area contributed by atoms with E-state index in [1.54, 1.807) is 6.92 Å². The van der Waals surface area contributed by atoms with Gasteiger partial charge in [-0.25, -0.2) is 4.79 Å². The first-order valence-corrected chi connectivity index (χ1v) is 24.2. The zero-order valence-corrected chi connectivity index (χ0v) is 34.5. The molecule has 3 fully saturated rings. The van der Waals surface area contributed by atoms with E-state index in [-0.39, 0.29) is 40.0 Å². The maximum Gasteiger partial charge on any atom is 0.333 e. The van der Waals surface area contributed by atoms with Crippen molar-refractivity contribution in [3.05, 3.63) is 47.6 Å². The van der Waals surface area contributed by atoms with Crippen molar-refractivity contribution < 1.29 is 23.5 Å². The van der Waals surface area contributed by atoms with E-state index in [9.17, 15) is 9.90 Å². The van der Waals surface area contributed by atoms with Crippen LogP contribution in [-0.2, 0) is 18.4 Å². The Hall–Kier alpha value is -1.26. The van der Waals surface area contributed by atoms with Gasteiger partial charge in [0.2, 0.25) is 0 Å². The second-order valence-corrected chi connectivity index (χ2v) is 27.8. The Morgan fingerprint density at radius 2 is 1.64 bits per heavy atom. The lowest BCUT2D eigenvalue weighted by molar-refractivity contribution is -0.139. The van der Waals surface area contributed by atoms with Crippen LogP contribution in [0.15, 0.2) is 47.6 Å². The van der Waals surface area contributed by atoms with Crippen molar-refractivity contribution in [1.29, 1.82) is 0 Å². The number of ether oxygens (including phenoxy) is 1. The number of rotatable bonds is 11. The van der Waals surface area contributed by atoms with Gasteiger partial charge < -0.3 is 18.7 Å². The highest BCUT2D eigenvalue weighted by atomic mass is 28.4. The summed E-state index contributed by atoms with van der Waals surface area (Å²) in [5, 5.41) is 11.5. The zero-order chi connectivity index (χ0) is 35.8. The van der Waals surface area contributed by atoms with Crippen molar-refractivity contribution in [2.45, 2.75) is 168 Å². The summed E-state index contributed by atoms with van der Waals surface area (Å²) in [5.74, 6) is 0.566. The third-order valence-electron chi connectivity index (χ3n) is 13.0. The number of aliphatic hydroxyl groups excluding tert-OH is 1. The molecule has 0 bridgehead atoms. The summed E-state index contributed by atoms with van der Waals surface area (Å²) in [6.45, 7) is 38.6. The first kappa shape index (κ1) is 40.2. The molecule has 0 aromatic heterocycles. The number of carbonyl (C=O) groups is 1. The highest BCUT2D eigenvalue weighted by Gasteiger charge is 2.52. The predicted molar refractivity (Wildman–Crippen MR) is 202 cm³/mol. The van der Waals surface area contributed by atoms with E-state index in [0.29, 0.717) is 24.0 Å². The molecule has 0 aromatic carbocycles. The Morgan fingerprint density at radius 3 is 2.21 bits per heavy atom. The lowest BCUT2D eigenvalue weighted by Crippen LogP contribution is -2.49. The van der Waals surface area contributed by atoms with E-state index in [0.717, 1.165) is 44.1 Å². The Kier molecular flexibility index (Phi) is 12.8. The monoisotopic (exact) mass is 686 g/mol. The first-order chi connectivity index (χ1) is 21.4. The topological polar surface area (TPSA) is 65.0 Å². The number of aliphatic hydroxyl groups is 1. The molecule has 1 N–H and O–H groups in total. The molecule has 268 valence electrons. The maximum absolute atomic E-state index is 12.2. The van der Waals surface area contributed by atoms with Gasteiger partial charge in [0.05, 0.1) is 24.9 Å². The van der Waals surface area contributed by atoms with E-state index in [1.807, 2.05) is 0 Å². The summed E-state index contributed by atoms with van der Waals surface area (Å²) in [6.07, 6.45) is 12.0. The van der Waals surface area contributed by atoms with Crippen LogP contribution >= 0.6 is 0 Å². The molecular weight excluding hydrogens is 617 g/mol. The van der Waals surface area contributed by atoms with Crippen molar-refractivity contribution in [3.8, 4) is 0 Å². The van der Waals surface area contributed by atoms with Crippen molar-refractivity contribution in [2.75, 3.05) is 6.61 Å². The minimum Gasteiger partial charge on any atom is -0.463 e. The van der Waals surface area contributed by atoms with Gasteiger partial charge in [-0.2, -0.15) is 0 Å². The Balaban J connectivity index is 1.88. The molecule has 0 saturated heterocycles. The van der Waals surface area contributed by atoms with Crippen LogP contribution in [0.4, 0.5) is 0 Å². The minimum atomic E-state index is -2.02. The highest BCUT2D eigenvalue weighted by Crippen LogP contribution is 2.60. The normalized spacial score (nSPS) is 30.7. The third kappa shape index (κ3) is 9.11. The number of esters is 1. The maximum atomic E-state index is 12.2. The molecule has 47 heavy (non-hydrogen) atoms. The van der Waals surface area contributed by atoms with Gasteiger partial charge in [-0.05, 0) is 116 Å². The van der Waals surface area contributed by atoms with Gasteiger partial charge in [-0.15, -0.1) is 0 Å². The van der Waals surface area contributed by atoms with Crippen LogP contribution in [0.1, 0.15) is 114 Å². The second kappa shape index (κ2) is 14.9. The molecule has 0 heterocycles. The van der Waals surface area contributed by atoms with Gasteiger partial charge >= 0.3 is 5.97 Å². The molecule has 1 unspecified atom stereocenters. The van der Waals surface area contributed by atoms with E-state index < -0.39 is 28.7 Å². The van der Waals surface area contributed by atoms with Crippen LogP contribution in [0.25, 0.3) is 0 Å². The van der Waals surface area contributed by atoms with Crippen LogP contribution < -0.4 is 0 Å². The number of hydrogen-bond donors (Lipinski definition) is 1. The van der Waals surface area contributed by atoms with Crippen LogP contribution in [0.5, 0.6) is 0 Å². The molecule has 3 aliphatic rings. The van der Waals surface area contributed by atoms with Crippen molar-refractivity contribution in [3.63, 3.8) is 0 Å². The SMILES string of the molecule is C=C(CC(O)[C@@H](C)[C@H]1CC[C@H]2C(=CC=C3C[C@@H](O[Si](C)(C)C(C)(C)C)C[C@H](O[Si](C)(C)C(C)(C)C)C3=C)CCC[C@]12C)C(=O)OCC. The van der Waals surface area contributed by atoms with Gasteiger partial charge in [-0.3, -0.25) is 0 Å². The molecular formula is C40H70O5Si2.